The molecule has 0 aromatic heterocycles. The van der Waals surface area contributed by atoms with Crippen LogP contribution < -0.4 is 5.73 Å². The molecule has 0 aromatic rings. The minimum Gasteiger partial charge on any atom is -0.377 e. The molecule has 1 aliphatic heterocycles. The molecule has 2 N–H and O–H groups in total. The lowest BCUT2D eigenvalue weighted by Gasteiger charge is -2.26. The van der Waals surface area contributed by atoms with Crippen LogP contribution in [0.5, 0.6) is 0 Å². The molecule has 0 saturated carbocycles. The molecule has 0 aromatic carbocycles. The van der Waals surface area contributed by atoms with Crippen LogP contribution in [0.3, 0.4) is 0 Å². The average Bonchev–Trinajstić information content (AvgIpc) is 2.51. The minimum absolute atomic E-state index is 0.161. The van der Waals surface area contributed by atoms with Gasteiger partial charge in [0.25, 0.3) is 0 Å². The van der Waals surface area contributed by atoms with E-state index < -0.39 is 0 Å². The van der Waals surface area contributed by atoms with E-state index in [1.54, 1.807) is 0 Å². The third-order valence-corrected chi connectivity index (χ3v) is 3.64. The topological polar surface area (TPSA) is 55.6 Å². The Hall–Kier alpha value is -0.610. The fourth-order valence-corrected chi connectivity index (χ4v) is 2.34. The Bertz CT molecular complexity index is 267. The highest BCUT2D eigenvalue weighted by atomic mass is 16.5. The van der Waals surface area contributed by atoms with Crippen molar-refractivity contribution in [3.05, 3.63) is 0 Å². The fourth-order valence-electron chi connectivity index (χ4n) is 2.34. The third kappa shape index (κ3) is 5.36. The standard InChI is InChI=1S/C14H28N2O2/c1-12-11-16(9-4-10-18-12)13(17)5-6-14(2,3)7-8-15/h12H,4-11,15H2,1-3H3. The molecule has 0 radical (unpaired) electrons. The van der Waals surface area contributed by atoms with Crippen molar-refractivity contribution >= 4 is 5.91 Å². The summed E-state index contributed by atoms with van der Waals surface area (Å²) in [5, 5.41) is 0. The van der Waals surface area contributed by atoms with Crippen molar-refractivity contribution in [2.45, 2.75) is 52.6 Å². The summed E-state index contributed by atoms with van der Waals surface area (Å²) >= 11 is 0. The molecule has 4 heteroatoms. The first kappa shape index (κ1) is 15.4. The molecule has 18 heavy (non-hydrogen) atoms. The average molecular weight is 256 g/mol. The summed E-state index contributed by atoms with van der Waals surface area (Å²) in [7, 11) is 0. The Kier molecular flexibility index (Phi) is 6.09. The monoisotopic (exact) mass is 256 g/mol. The van der Waals surface area contributed by atoms with E-state index in [-0.39, 0.29) is 17.4 Å². The van der Waals surface area contributed by atoms with E-state index in [9.17, 15) is 4.79 Å². The number of carbonyl (C=O) groups excluding carboxylic acids is 1. The molecule has 0 bridgehead atoms. The van der Waals surface area contributed by atoms with E-state index in [4.69, 9.17) is 10.5 Å². The molecule has 1 amide bonds. The fraction of sp³-hybridized carbons (Fsp3) is 0.929. The first-order valence-electron chi connectivity index (χ1n) is 7.04. The molecule has 1 saturated heterocycles. The summed E-state index contributed by atoms with van der Waals surface area (Å²) in [5.41, 5.74) is 5.76. The van der Waals surface area contributed by atoms with Gasteiger partial charge in [0.15, 0.2) is 0 Å². The minimum atomic E-state index is 0.161. The molecule has 106 valence electrons. The first-order valence-corrected chi connectivity index (χ1v) is 7.04. The maximum Gasteiger partial charge on any atom is 0.222 e. The second kappa shape index (κ2) is 7.10. The van der Waals surface area contributed by atoms with Crippen LogP contribution in [0.2, 0.25) is 0 Å². The van der Waals surface area contributed by atoms with E-state index >= 15 is 0 Å². The number of ether oxygens (including phenoxy) is 1. The zero-order chi connectivity index (χ0) is 13.6. The molecule has 4 nitrogen and oxygen atoms in total. The predicted molar refractivity (Wildman–Crippen MR) is 73.3 cm³/mol. The molecule has 1 rings (SSSR count). The van der Waals surface area contributed by atoms with E-state index in [0.29, 0.717) is 13.0 Å². The van der Waals surface area contributed by atoms with E-state index in [1.165, 1.54) is 0 Å². The van der Waals surface area contributed by atoms with Crippen LogP contribution in [0, 0.1) is 5.41 Å². The zero-order valence-electron chi connectivity index (χ0n) is 12.1. The van der Waals surface area contributed by atoms with Crippen molar-refractivity contribution in [2.24, 2.45) is 11.1 Å². The summed E-state index contributed by atoms with van der Waals surface area (Å²) in [6.07, 6.45) is 3.62. The highest BCUT2D eigenvalue weighted by Gasteiger charge is 2.23. The summed E-state index contributed by atoms with van der Waals surface area (Å²) < 4.78 is 5.56. The van der Waals surface area contributed by atoms with Crippen LogP contribution in [0.4, 0.5) is 0 Å². The Morgan fingerprint density at radius 3 is 2.83 bits per heavy atom. The number of carbonyl (C=O) groups is 1. The van der Waals surface area contributed by atoms with Gasteiger partial charge in [-0.3, -0.25) is 4.79 Å². The highest BCUT2D eigenvalue weighted by molar-refractivity contribution is 5.76. The number of rotatable bonds is 5. The summed E-state index contributed by atoms with van der Waals surface area (Å²) in [4.78, 5) is 14.1. The molecule has 1 fully saturated rings. The maximum absolute atomic E-state index is 12.2. The van der Waals surface area contributed by atoms with Gasteiger partial charge in [-0.25, -0.2) is 0 Å². The van der Waals surface area contributed by atoms with Gasteiger partial charge in [-0.15, -0.1) is 0 Å². The normalized spacial score (nSPS) is 21.8. The summed E-state index contributed by atoms with van der Waals surface area (Å²) in [6, 6.07) is 0. The number of amides is 1. The second-order valence-corrected chi connectivity index (χ2v) is 6.08. The molecule has 1 atom stereocenters. The SMILES string of the molecule is CC1CN(C(=O)CCC(C)(C)CCN)CCCO1. The van der Waals surface area contributed by atoms with Gasteiger partial charge < -0.3 is 15.4 Å². The predicted octanol–water partition coefficient (Wildman–Crippen LogP) is 1.78. The van der Waals surface area contributed by atoms with Gasteiger partial charge in [0.2, 0.25) is 5.91 Å². The molecule has 1 heterocycles. The van der Waals surface area contributed by atoms with Gasteiger partial charge in [-0.05, 0) is 38.1 Å². The largest absolute Gasteiger partial charge is 0.377 e. The van der Waals surface area contributed by atoms with Crippen LogP contribution in [0.25, 0.3) is 0 Å². The number of hydrogen-bond acceptors (Lipinski definition) is 3. The van der Waals surface area contributed by atoms with Crippen molar-refractivity contribution in [2.75, 3.05) is 26.2 Å². The Balaban J connectivity index is 2.39. The number of nitrogens with zero attached hydrogens (tertiary/aromatic N) is 1. The molecule has 0 spiro atoms. The molecular formula is C14H28N2O2. The lowest BCUT2D eigenvalue weighted by molar-refractivity contribution is -0.132. The maximum atomic E-state index is 12.2. The van der Waals surface area contributed by atoms with Gasteiger partial charge in [0.05, 0.1) is 6.10 Å². The van der Waals surface area contributed by atoms with Gasteiger partial charge in [0, 0.05) is 26.1 Å². The Morgan fingerprint density at radius 2 is 2.17 bits per heavy atom. The van der Waals surface area contributed by atoms with Gasteiger partial charge >= 0.3 is 0 Å². The van der Waals surface area contributed by atoms with Crippen molar-refractivity contribution in [3.63, 3.8) is 0 Å². The Morgan fingerprint density at radius 1 is 1.44 bits per heavy atom. The Labute approximate surface area is 111 Å². The van der Waals surface area contributed by atoms with E-state index in [2.05, 4.69) is 13.8 Å². The van der Waals surface area contributed by atoms with Crippen molar-refractivity contribution < 1.29 is 9.53 Å². The van der Waals surface area contributed by atoms with Crippen LogP contribution in [0.15, 0.2) is 0 Å². The lowest BCUT2D eigenvalue weighted by Crippen LogP contribution is -2.36. The van der Waals surface area contributed by atoms with E-state index in [1.807, 2.05) is 11.8 Å². The third-order valence-electron chi connectivity index (χ3n) is 3.64. The first-order chi connectivity index (χ1) is 8.44. The molecule has 1 unspecified atom stereocenters. The van der Waals surface area contributed by atoms with Crippen LogP contribution in [0.1, 0.15) is 46.5 Å². The molecule has 0 aliphatic carbocycles. The van der Waals surface area contributed by atoms with Gasteiger partial charge in [-0.2, -0.15) is 0 Å². The van der Waals surface area contributed by atoms with Gasteiger partial charge in [-0.1, -0.05) is 13.8 Å². The number of hydrogen-bond donors (Lipinski definition) is 1. The van der Waals surface area contributed by atoms with Crippen LogP contribution in [-0.4, -0.2) is 43.2 Å². The quantitative estimate of drug-likeness (QED) is 0.815. The van der Waals surface area contributed by atoms with Crippen molar-refractivity contribution in [3.8, 4) is 0 Å². The van der Waals surface area contributed by atoms with Crippen LogP contribution >= 0.6 is 0 Å². The number of nitrogens with two attached hydrogens (primary N) is 1. The summed E-state index contributed by atoms with van der Waals surface area (Å²) in [6.45, 7) is 9.42. The van der Waals surface area contributed by atoms with Crippen molar-refractivity contribution in [1.82, 2.24) is 4.90 Å². The lowest BCUT2D eigenvalue weighted by atomic mass is 9.84. The van der Waals surface area contributed by atoms with Gasteiger partial charge in [0.1, 0.15) is 0 Å². The smallest absolute Gasteiger partial charge is 0.222 e. The zero-order valence-corrected chi connectivity index (χ0v) is 12.1. The second-order valence-electron chi connectivity index (χ2n) is 6.08. The molecular weight excluding hydrogens is 228 g/mol. The molecule has 1 aliphatic rings. The summed E-state index contributed by atoms with van der Waals surface area (Å²) in [5.74, 6) is 0.262. The van der Waals surface area contributed by atoms with E-state index in [0.717, 1.165) is 39.0 Å². The van der Waals surface area contributed by atoms with Crippen LogP contribution in [-0.2, 0) is 9.53 Å². The van der Waals surface area contributed by atoms with Crippen molar-refractivity contribution in [1.29, 1.82) is 0 Å². The highest BCUT2D eigenvalue weighted by Crippen LogP contribution is 2.26.